The molecule has 0 spiro atoms. The van der Waals surface area contributed by atoms with Crippen LogP contribution in [0.3, 0.4) is 0 Å². The van der Waals surface area contributed by atoms with E-state index < -0.39 is 0 Å². The SMILES string of the molecule is CCC(=O)COCCCOCCCOc1ccc(C2(NC(C)C)CC2)cc1. The van der Waals surface area contributed by atoms with Gasteiger partial charge in [-0.05, 0) is 37.0 Å². The van der Waals surface area contributed by atoms with Crippen LogP contribution in [0.25, 0.3) is 0 Å². The van der Waals surface area contributed by atoms with Crippen LogP contribution in [0.5, 0.6) is 5.75 Å². The van der Waals surface area contributed by atoms with Crippen molar-refractivity contribution in [1.29, 1.82) is 0 Å². The van der Waals surface area contributed by atoms with Crippen molar-refractivity contribution in [3.63, 3.8) is 0 Å². The first kappa shape index (κ1) is 21.9. The molecular formula is C22H35NO4. The molecule has 1 fully saturated rings. The fraction of sp³-hybridized carbons (Fsp3) is 0.682. The summed E-state index contributed by atoms with van der Waals surface area (Å²) >= 11 is 0. The lowest BCUT2D eigenvalue weighted by molar-refractivity contribution is -0.123. The molecule has 0 atom stereocenters. The minimum Gasteiger partial charge on any atom is -0.494 e. The Hall–Kier alpha value is -1.43. The molecule has 5 heteroatoms. The molecule has 1 aliphatic rings. The van der Waals surface area contributed by atoms with Crippen LogP contribution >= 0.6 is 0 Å². The van der Waals surface area contributed by atoms with Crippen LogP contribution in [0.4, 0.5) is 0 Å². The molecule has 0 amide bonds. The van der Waals surface area contributed by atoms with Gasteiger partial charge in [0.15, 0.2) is 5.78 Å². The lowest BCUT2D eigenvalue weighted by atomic mass is 10.0. The summed E-state index contributed by atoms with van der Waals surface area (Å²) in [6, 6.07) is 8.98. The molecule has 1 aliphatic carbocycles. The summed E-state index contributed by atoms with van der Waals surface area (Å²) in [5.41, 5.74) is 1.54. The van der Waals surface area contributed by atoms with Crippen molar-refractivity contribution in [3.05, 3.63) is 29.8 Å². The van der Waals surface area contributed by atoms with Crippen molar-refractivity contribution < 1.29 is 19.0 Å². The third-order valence-corrected chi connectivity index (χ3v) is 4.66. The van der Waals surface area contributed by atoms with Crippen LogP contribution in [0, 0.1) is 0 Å². The van der Waals surface area contributed by atoms with Gasteiger partial charge < -0.3 is 19.5 Å². The van der Waals surface area contributed by atoms with Crippen molar-refractivity contribution in [2.24, 2.45) is 0 Å². The van der Waals surface area contributed by atoms with E-state index in [9.17, 15) is 4.79 Å². The first-order chi connectivity index (χ1) is 13.1. The Morgan fingerprint density at radius 2 is 1.67 bits per heavy atom. The second kappa shape index (κ2) is 11.4. The van der Waals surface area contributed by atoms with Crippen LogP contribution < -0.4 is 10.1 Å². The predicted molar refractivity (Wildman–Crippen MR) is 107 cm³/mol. The van der Waals surface area contributed by atoms with E-state index in [2.05, 4.69) is 43.4 Å². The van der Waals surface area contributed by atoms with E-state index in [0.717, 1.165) is 18.6 Å². The van der Waals surface area contributed by atoms with Crippen LogP contribution in [0.1, 0.15) is 58.4 Å². The van der Waals surface area contributed by atoms with Crippen molar-refractivity contribution in [3.8, 4) is 5.75 Å². The van der Waals surface area contributed by atoms with E-state index in [0.29, 0.717) is 38.9 Å². The highest BCUT2D eigenvalue weighted by molar-refractivity contribution is 5.79. The first-order valence-electron chi connectivity index (χ1n) is 10.2. The number of carbonyl (C=O) groups excluding carboxylic acids is 1. The molecule has 0 aromatic heterocycles. The number of ether oxygens (including phenoxy) is 3. The van der Waals surface area contributed by atoms with Gasteiger partial charge in [-0.3, -0.25) is 4.79 Å². The normalized spacial score (nSPS) is 15.1. The van der Waals surface area contributed by atoms with Crippen molar-refractivity contribution >= 4 is 5.78 Å². The average Bonchev–Trinajstić information content (AvgIpc) is 3.43. The molecule has 152 valence electrons. The summed E-state index contributed by atoms with van der Waals surface area (Å²) in [6.07, 6.45) is 4.63. The summed E-state index contributed by atoms with van der Waals surface area (Å²) in [7, 11) is 0. The van der Waals surface area contributed by atoms with E-state index in [1.807, 2.05) is 6.92 Å². The Bertz CT molecular complexity index is 552. The molecule has 0 saturated heterocycles. The van der Waals surface area contributed by atoms with Crippen molar-refractivity contribution in [2.45, 2.75) is 64.5 Å². The summed E-state index contributed by atoms with van der Waals surface area (Å²) < 4.78 is 16.6. The Labute approximate surface area is 163 Å². The smallest absolute Gasteiger partial charge is 0.158 e. The topological polar surface area (TPSA) is 56.8 Å². The Morgan fingerprint density at radius 1 is 1.04 bits per heavy atom. The van der Waals surface area contributed by atoms with E-state index >= 15 is 0 Å². The Kier molecular flexibility index (Phi) is 9.25. The Balaban J connectivity index is 1.51. The van der Waals surface area contributed by atoms with Gasteiger partial charge in [-0.15, -0.1) is 0 Å². The van der Waals surface area contributed by atoms with Crippen molar-refractivity contribution in [2.75, 3.05) is 33.0 Å². The lowest BCUT2D eigenvalue weighted by Gasteiger charge is -2.21. The molecule has 1 N–H and O–H groups in total. The van der Waals surface area contributed by atoms with E-state index in [-0.39, 0.29) is 17.9 Å². The largest absolute Gasteiger partial charge is 0.494 e. The number of Topliss-reactive ketones (excluding diaryl/α,β-unsaturated/α-hetero) is 1. The summed E-state index contributed by atoms with van der Waals surface area (Å²) in [5, 5.41) is 3.68. The maximum Gasteiger partial charge on any atom is 0.158 e. The van der Waals surface area contributed by atoms with Crippen LogP contribution in [-0.4, -0.2) is 44.9 Å². The molecule has 0 unspecified atom stereocenters. The van der Waals surface area contributed by atoms with Gasteiger partial charge >= 0.3 is 0 Å². The summed E-state index contributed by atoms with van der Waals surface area (Å²) in [6.45, 7) is 9.00. The minimum atomic E-state index is 0.143. The third-order valence-electron chi connectivity index (χ3n) is 4.66. The molecule has 1 saturated carbocycles. The quantitative estimate of drug-likeness (QED) is 0.471. The van der Waals surface area contributed by atoms with Gasteiger partial charge in [0, 0.05) is 44.2 Å². The van der Waals surface area contributed by atoms with Gasteiger partial charge in [-0.1, -0.05) is 32.9 Å². The van der Waals surface area contributed by atoms with Gasteiger partial charge in [-0.25, -0.2) is 0 Å². The Morgan fingerprint density at radius 3 is 2.26 bits per heavy atom. The zero-order valence-electron chi connectivity index (χ0n) is 17.1. The molecule has 27 heavy (non-hydrogen) atoms. The number of rotatable bonds is 15. The van der Waals surface area contributed by atoms with Gasteiger partial charge in [0.05, 0.1) is 6.61 Å². The van der Waals surface area contributed by atoms with Gasteiger partial charge in [0.2, 0.25) is 0 Å². The van der Waals surface area contributed by atoms with E-state index in [4.69, 9.17) is 14.2 Å². The van der Waals surface area contributed by atoms with Crippen LogP contribution in [0.15, 0.2) is 24.3 Å². The first-order valence-corrected chi connectivity index (χ1v) is 10.2. The van der Waals surface area contributed by atoms with Gasteiger partial charge in [-0.2, -0.15) is 0 Å². The number of nitrogens with one attached hydrogen (secondary N) is 1. The number of hydrogen-bond acceptors (Lipinski definition) is 5. The monoisotopic (exact) mass is 377 g/mol. The third kappa shape index (κ3) is 7.99. The summed E-state index contributed by atoms with van der Waals surface area (Å²) in [5.74, 6) is 1.05. The second-order valence-electron chi connectivity index (χ2n) is 7.52. The molecule has 5 nitrogen and oxygen atoms in total. The fourth-order valence-electron chi connectivity index (χ4n) is 3.07. The number of hydrogen-bond donors (Lipinski definition) is 1. The lowest BCUT2D eigenvalue weighted by Crippen LogP contribution is -2.34. The number of benzene rings is 1. The van der Waals surface area contributed by atoms with Crippen LogP contribution in [0.2, 0.25) is 0 Å². The molecule has 0 radical (unpaired) electrons. The predicted octanol–water partition coefficient (Wildman–Crippen LogP) is 3.85. The highest BCUT2D eigenvalue weighted by atomic mass is 16.5. The molecule has 0 heterocycles. The maximum atomic E-state index is 11.1. The number of carbonyl (C=O) groups is 1. The molecular weight excluding hydrogens is 342 g/mol. The molecule has 1 aromatic rings. The van der Waals surface area contributed by atoms with Gasteiger partial charge in [0.1, 0.15) is 12.4 Å². The zero-order valence-corrected chi connectivity index (χ0v) is 17.1. The van der Waals surface area contributed by atoms with E-state index in [1.165, 1.54) is 18.4 Å². The average molecular weight is 378 g/mol. The van der Waals surface area contributed by atoms with E-state index in [1.54, 1.807) is 0 Å². The highest BCUT2D eigenvalue weighted by Gasteiger charge is 2.44. The summed E-state index contributed by atoms with van der Waals surface area (Å²) in [4.78, 5) is 11.1. The second-order valence-corrected chi connectivity index (χ2v) is 7.52. The minimum absolute atomic E-state index is 0.143. The van der Waals surface area contributed by atoms with Crippen molar-refractivity contribution in [1.82, 2.24) is 5.32 Å². The molecule has 1 aromatic carbocycles. The molecule has 2 rings (SSSR count). The van der Waals surface area contributed by atoms with Crippen LogP contribution in [-0.2, 0) is 19.8 Å². The molecule has 0 bridgehead atoms. The number of ketones is 1. The standard InChI is InChI=1S/C22H35NO4/c1-4-20(24)17-26-15-5-13-25-14-6-16-27-21-9-7-19(8-10-21)22(11-12-22)23-18(2)3/h7-10,18,23H,4-6,11-17H2,1-3H3. The molecule has 0 aliphatic heterocycles. The zero-order chi connectivity index (χ0) is 19.5. The fourth-order valence-corrected chi connectivity index (χ4v) is 3.07. The van der Waals surface area contributed by atoms with Gasteiger partial charge in [0.25, 0.3) is 0 Å². The maximum absolute atomic E-state index is 11.1. The highest BCUT2D eigenvalue weighted by Crippen LogP contribution is 2.46.